The molecule has 6 nitrogen and oxygen atoms in total. The number of nitrogens with one attached hydrogen (secondary N) is 2. The Morgan fingerprint density at radius 2 is 1.96 bits per heavy atom. The maximum atomic E-state index is 12.4. The fourth-order valence-electron chi connectivity index (χ4n) is 2.92. The van der Waals surface area contributed by atoms with Gasteiger partial charge in [0.25, 0.3) is 5.91 Å². The predicted molar refractivity (Wildman–Crippen MR) is 92.6 cm³/mol. The molecule has 3 rings (SSSR count). The second-order valence-corrected chi connectivity index (χ2v) is 5.90. The second-order valence-electron chi connectivity index (χ2n) is 5.90. The Kier molecular flexibility index (Phi) is 5.25. The lowest BCUT2D eigenvalue weighted by atomic mass is 9.95. The lowest BCUT2D eigenvalue weighted by Crippen LogP contribution is -2.36. The molecule has 1 aromatic carbocycles. The molecule has 0 bridgehead atoms. The molecule has 6 heteroatoms. The van der Waals surface area contributed by atoms with Crippen LogP contribution in [-0.4, -0.2) is 29.0 Å². The van der Waals surface area contributed by atoms with Crippen molar-refractivity contribution < 1.29 is 9.53 Å². The van der Waals surface area contributed by atoms with E-state index in [1.54, 1.807) is 19.4 Å². The molecule has 1 amide bonds. The van der Waals surface area contributed by atoms with Gasteiger partial charge in [0.05, 0.1) is 12.8 Å². The Hall–Kier alpha value is -2.63. The van der Waals surface area contributed by atoms with E-state index in [4.69, 9.17) is 4.74 Å². The highest BCUT2D eigenvalue weighted by molar-refractivity contribution is 5.92. The average molecular weight is 326 g/mol. The van der Waals surface area contributed by atoms with E-state index in [1.807, 2.05) is 24.3 Å². The van der Waals surface area contributed by atoms with Gasteiger partial charge in [-0.15, -0.1) is 0 Å². The van der Waals surface area contributed by atoms with Crippen molar-refractivity contribution in [1.82, 2.24) is 15.3 Å². The number of carbonyl (C=O) groups is 1. The zero-order valence-electron chi connectivity index (χ0n) is 13.8. The topological polar surface area (TPSA) is 76.1 Å². The van der Waals surface area contributed by atoms with Crippen LogP contribution in [0.15, 0.2) is 36.5 Å². The van der Waals surface area contributed by atoms with Crippen molar-refractivity contribution in [2.75, 3.05) is 12.4 Å². The van der Waals surface area contributed by atoms with Gasteiger partial charge in [0, 0.05) is 12.2 Å². The summed E-state index contributed by atoms with van der Waals surface area (Å²) >= 11 is 0. The van der Waals surface area contributed by atoms with Crippen molar-refractivity contribution in [3.63, 3.8) is 0 Å². The standard InChI is InChI=1S/C18H22N4O2/c1-24-16-10-6-5-9-14(16)21-18-19-12-11-15(22-18)17(23)20-13-7-3-2-4-8-13/h5-6,9-13H,2-4,7-8H2,1H3,(H,20,23)(H,19,21,22). The number of anilines is 2. The largest absolute Gasteiger partial charge is 0.495 e. The van der Waals surface area contributed by atoms with Gasteiger partial charge in [-0.3, -0.25) is 4.79 Å². The molecule has 0 atom stereocenters. The number of methoxy groups -OCH3 is 1. The fraction of sp³-hybridized carbons (Fsp3) is 0.389. The SMILES string of the molecule is COc1ccccc1Nc1nccc(C(=O)NC2CCCCC2)n1. The fourth-order valence-corrected chi connectivity index (χ4v) is 2.92. The molecule has 1 heterocycles. The number of hydrogen-bond acceptors (Lipinski definition) is 5. The van der Waals surface area contributed by atoms with Gasteiger partial charge in [0.15, 0.2) is 0 Å². The van der Waals surface area contributed by atoms with E-state index in [0.717, 1.165) is 18.5 Å². The van der Waals surface area contributed by atoms with E-state index in [-0.39, 0.29) is 11.9 Å². The van der Waals surface area contributed by atoms with Crippen LogP contribution in [0.2, 0.25) is 0 Å². The van der Waals surface area contributed by atoms with E-state index in [2.05, 4.69) is 20.6 Å². The quantitative estimate of drug-likeness (QED) is 0.882. The minimum atomic E-state index is -0.146. The van der Waals surface area contributed by atoms with E-state index in [9.17, 15) is 4.79 Å². The molecule has 0 spiro atoms. The molecule has 0 saturated heterocycles. The summed E-state index contributed by atoms with van der Waals surface area (Å²) in [6.45, 7) is 0. The van der Waals surface area contributed by atoms with Crippen LogP contribution in [0.3, 0.4) is 0 Å². The highest BCUT2D eigenvalue weighted by Crippen LogP contribution is 2.25. The molecule has 0 radical (unpaired) electrons. The third kappa shape index (κ3) is 4.01. The van der Waals surface area contributed by atoms with Crippen molar-refractivity contribution in [1.29, 1.82) is 0 Å². The zero-order valence-corrected chi connectivity index (χ0v) is 13.8. The Labute approximate surface area is 141 Å². The Morgan fingerprint density at radius 1 is 1.17 bits per heavy atom. The van der Waals surface area contributed by atoms with Crippen LogP contribution in [0, 0.1) is 0 Å². The predicted octanol–water partition coefficient (Wildman–Crippen LogP) is 3.29. The molecule has 2 aromatic rings. The van der Waals surface area contributed by atoms with Gasteiger partial charge in [0.1, 0.15) is 11.4 Å². The van der Waals surface area contributed by atoms with Crippen LogP contribution < -0.4 is 15.4 Å². The summed E-state index contributed by atoms with van der Waals surface area (Å²) in [6, 6.07) is 9.39. The van der Waals surface area contributed by atoms with E-state index >= 15 is 0 Å². The number of rotatable bonds is 5. The number of hydrogen-bond donors (Lipinski definition) is 2. The summed E-state index contributed by atoms with van der Waals surface area (Å²) in [6.07, 6.45) is 7.28. The first-order valence-corrected chi connectivity index (χ1v) is 8.30. The number of para-hydroxylation sites is 2. The molecule has 0 unspecified atom stereocenters. The Balaban J connectivity index is 1.70. The molecular formula is C18H22N4O2. The minimum absolute atomic E-state index is 0.146. The van der Waals surface area contributed by atoms with Gasteiger partial charge < -0.3 is 15.4 Å². The summed E-state index contributed by atoms with van der Waals surface area (Å²) in [5, 5.41) is 6.16. The lowest BCUT2D eigenvalue weighted by molar-refractivity contribution is 0.0922. The first-order valence-electron chi connectivity index (χ1n) is 8.30. The Bertz CT molecular complexity index is 699. The van der Waals surface area contributed by atoms with Crippen LogP contribution in [0.25, 0.3) is 0 Å². The lowest BCUT2D eigenvalue weighted by Gasteiger charge is -2.22. The molecule has 2 N–H and O–H groups in total. The van der Waals surface area contributed by atoms with Crippen LogP contribution >= 0.6 is 0 Å². The first-order chi connectivity index (χ1) is 11.8. The van der Waals surface area contributed by atoms with Gasteiger partial charge in [-0.2, -0.15) is 0 Å². The number of carbonyl (C=O) groups excluding carboxylic acids is 1. The van der Waals surface area contributed by atoms with Gasteiger partial charge >= 0.3 is 0 Å². The van der Waals surface area contributed by atoms with Gasteiger partial charge in [0.2, 0.25) is 5.95 Å². The summed E-state index contributed by atoms with van der Waals surface area (Å²) in [4.78, 5) is 20.9. The van der Waals surface area contributed by atoms with E-state index in [0.29, 0.717) is 17.4 Å². The van der Waals surface area contributed by atoms with Crippen LogP contribution in [0.4, 0.5) is 11.6 Å². The molecule has 1 aromatic heterocycles. The molecular weight excluding hydrogens is 304 g/mol. The third-order valence-corrected chi connectivity index (χ3v) is 4.18. The Morgan fingerprint density at radius 3 is 2.75 bits per heavy atom. The van der Waals surface area contributed by atoms with Crippen molar-refractivity contribution in [2.24, 2.45) is 0 Å². The van der Waals surface area contributed by atoms with Crippen molar-refractivity contribution in [3.05, 3.63) is 42.2 Å². The monoisotopic (exact) mass is 326 g/mol. The van der Waals surface area contributed by atoms with E-state index in [1.165, 1.54) is 19.3 Å². The zero-order chi connectivity index (χ0) is 16.8. The smallest absolute Gasteiger partial charge is 0.270 e. The van der Waals surface area contributed by atoms with Crippen LogP contribution in [0.5, 0.6) is 5.75 Å². The second kappa shape index (κ2) is 7.77. The summed E-state index contributed by atoms with van der Waals surface area (Å²) in [5.74, 6) is 0.918. The van der Waals surface area contributed by atoms with Crippen LogP contribution in [-0.2, 0) is 0 Å². The van der Waals surface area contributed by atoms with Gasteiger partial charge in [-0.05, 0) is 31.0 Å². The van der Waals surface area contributed by atoms with Crippen molar-refractivity contribution in [3.8, 4) is 5.75 Å². The average Bonchev–Trinajstić information content (AvgIpc) is 2.63. The van der Waals surface area contributed by atoms with E-state index < -0.39 is 0 Å². The molecule has 1 aliphatic rings. The molecule has 24 heavy (non-hydrogen) atoms. The minimum Gasteiger partial charge on any atom is -0.495 e. The number of amides is 1. The number of aromatic nitrogens is 2. The normalized spacial score (nSPS) is 14.9. The number of nitrogens with zero attached hydrogens (tertiary/aromatic N) is 2. The van der Waals surface area contributed by atoms with Crippen molar-refractivity contribution >= 4 is 17.5 Å². The molecule has 1 saturated carbocycles. The first kappa shape index (κ1) is 16.2. The van der Waals surface area contributed by atoms with Gasteiger partial charge in [-0.1, -0.05) is 31.4 Å². The molecule has 0 aliphatic heterocycles. The van der Waals surface area contributed by atoms with Crippen molar-refractivity contribution in [2.45, 2.75) is 38.1 Å². The highest BCUT2D eigenvalue weighted by atomic mass is 16.5. The highest BCUT2D eigenvalue weighted by Gasteiger charge is 2.17. The van der Waals surface area contributed by atoms with Gasteiger partial charge in [-0.25, -0.2) is 9.97 Å². The maximum absolute atomic E-state index is 12.4. The molecule has 1 aliphatic carbocycles. The third-order valence-electron chi connectivity index (χ3n) is 4.18. The molecule has 126 valence electrons. The number of ether oxygens (including phenoxy) is 1. The number of benzene rings is 1. The summed E-state index contributed by atoms with van der Waals surface area (Å²) in [5.41, 5.74) is 1.12. The summed E-state index contributed by atoms with van der Waals surface area (Å²) in [7, 11) is 1.61. The summed E-state index contributed by atoms with van der Waals surface area (Å²) < 4.78 is 5.30. The maximum Gasteiger partial charge on any atom is 0.270 e. The van der Waals surface area contributed by atoms with Crippen LogP contribution in [0.1, 0.15) is 42.6 Å². The molecule has 1 fully saturated rings.